The van der Waals surface area contributed by atoms with Crippen molar-refractivity contribution in [3.8, 4) is 0 Å². The average molecular weight is 180 g/mol. The minimum atomic E-state index is 0.808. The Hall–Kier alpha value is -0.260. The zero-order valence-electron chi connectivity index (χ0n) is 9.64. The maximum Gasteiger partial charge on any atom is -0.0200 e. The molecule has 0 aromatic carbocycles. The molecule has 0 spiro atoms. The molecule has 1 saturated carbocycles. The van der Waals surface area contributed by atoms with Gasteiger partial charge in [0.25, 0.3) is 0 Å². The summed E-state index contributed by atoms with van der Waals surface area (Å²) < 4.78 is 0. The maximum absolute atomic E-state index is 2.54. The molecule has 76 valence electrons. The minimum Gasteiger partial charge on any atom is -0.0819 e. The van der Waals surface area contributed by atoms with Gasteiger partial charge in [-0.3, -0.25) is 0 Å². The molecule has 0 aromatic heterocycles. The van der Waals surface area contributed by atoms with Crippen molar-refractivity contribution < 1.29 is 0 Å². The van der Waals surface area contributed by atoms with Crippen molar-refractivity contribution in [2.24, 2.45) is 17.8 Å². The highest BCUT2D eigenvalue weighted by atomic mass is 14.4. The van der Waals surface area contributed by atoms with Crippen molar-refractivity contribution in [3.05, 3.63) is 11.6 Å². The van der Waals surface area contributed by atoms with Crippen LogP contribution < -0.4 is 0 Å². The molecule has 0 aromatic rings. The molecule has 0 saturated heterocycles. The van der Waals surface area contributed by atoms with Gasteiger partial charge in [0.05, 0.1) is 0 Å². The second kappa shape index (κ2) is 4.83. The lowest BCUT2D eigenvalue weighted by Gasteiger charge is -2.10. The van der Waals surface area contributed by atoms with Gasteiger partial charge in [-0.15, -0.1) is 0 Å². The largest absolute Gasteiger partial charge is 0.0819 e. The summed E-state index contributed by atoms with van der Waals surface area (Å²) in [7, 11) is 0. The third-order valence-electron chi connectivity index (χ3n) is 3.48. The molecule has 3 unspecified atom stereocenters. The molecule has 0 amide bonds. The SMILES string of the molecule is CCCC(C)C(C)=CC1CC1CC. The Kier molecular flexibility index (Phi) is 4.02. The lowest BCUT2D eigenvalue weighted by atomic mass is 9.96. The van der Waals surface area contributed by atoms with Gasteiger partial charge >= 0.3 is 0 Å². The molecule has 0 N–H and O–H groups in total. The molecule has 0 heterocycles. The lowest BCUT2D eigenvalue weighted by Crippen LogP contribution is -1.96. The molecular weight excluding hydrogens is 156 g/mol. The summed E-state index contributed by atoms with van der Waals surface area (Å²) >= 11 is 0. The number of hydrogen-bond donors (Lipinski definition) is 0. The van der Waals surface area contributed by atoms with Gasteiger partial charge in [0.2, 0.25) is 0 Å². The Morgan fingerprint density at radius 3 is 2.62 bits per heavy atom. The summed E-state index contributed by atoms with van der Waals surface area (Å²) in [5, 5.41) is 0. The topological polar surface area (TPSA) is 0 Å². The number of allylic oxidation sites excluding steroid dienone is 2. The van der Waals surface area contributed by atoms with Crippen LogP contribution >= 0.6 is 0 Å². The van der Waals surface area contributed by atoms with E-state index in [2.05, 4.69) is 33.8 Å². The van der Waals surface area contributed by atoms with Crippen LogP contribution in [-0.2, 0) is 0 Å². The van der Waals surface area contributed by atoms with E-state index in [1.165, 1.54) is 25.7 Å². The van der Waals surface area contributed by atoms with Crippen LogP contribution in [0.25, 0.3) is 0 Å². The van der Waals surface area contributed by atoms with Crippen LogP contribution in [0.15, 0.2) is 11.6 Å². The first kappa shape index (κ1) is 10.8. The van der Waals surface area contributed by atoms with Gasteiger partial charge in [-0.2, -0.15) is 0 Å². The van der Waals surface area contributed by atoms with Crippen LogP contribution in [-0.4, -0.2) is 0 Å². The van der Waals surface area contributed by atoms with Crippen molar-refractivity contribution in [2.75, 3.05) is 0 Å². The Labute approximate surface area is 83.4 Å². The molecule has 0 bridgehead atoms. The first-order chi connectivity index (χ1) is 6.19. The summed E-state index contributed by atoms with van der Waals surface area (Å²) in [6.07, 6.45) is 8.03. The van der Waals surface area contributed by atoms with E-state index in [9.17, 15) is 0 Å². The Morgan fingerprint density at radius 2 is 2.15 bits per heavy atom. The van der Waals surface area contributed by atoms with Crippen molar-refractivity contribution in [2.45, 2.75) is 53.4 Å². The average Bonchev–Trinajstić information content (AvgIpc) is 2.83. The summed E-state index contributed by atoms with van der Waals surface area (Å²) in [6.45, 7) is 9.25. The highest BCUT2D eigenvalue weighted by molar-refractivity contribution is 5.10. The summed E-state index contributed by atoms with van der Waals surface area (Å²) in [4.78, 5) is 0. The molecule has 0 radical (unpaired) electrons. The maximum atomic E-state index is 2.54. The third-order valence-corrected chi connectivity index (χ3v) is 3.48. The highest BCUT2D eigenvalue weighted by Crippen LogP contribution is 2.43. The van der Waals surface area contributed by atoms with Gasteiger partial charge in [0, 0.05) is 0 Å². The lowest BCUT2D eigenvalue weighted by molar-refractivity contribution is 0.596. The molecule has 1 aliphatic carbocycles. The van der Waals surface area contributed by atoms with E-state index in [1.54, 1.807) is 5.57 Å². The van der Waals surface area contributed by atoms with Crippen molar-refractivity contribution in [3.63, 3.8) is 0 Å². The molecule has 3 atom stereocenters. The quantitative estimate of drug-likeness (QED) is 0.550. The normalized spacial score (nSPS) is 30.3. The molecule has 1 aliphatic rings. The smallest absolute Gasteiger partial charge is 0.0200 e. The fourth-order valence-corrected chi connectivity index (χ4v) is 2.11. The van der Waals surface area contributed by atoms with Gasteiger partial charge in [0.1, 0.15) is 0 Å². The molecule has 13 heavy (non-hydrogen) atoms. The van der Waals surface area contributed by atoms with Crippen LogP contribution in [0.3, 0.4) is 0 Å². The zero-order chi connectivity index (χ0) is 9.84. The van der Waals surface area contributed by atoms with Crippen LogP contribution in [0.1, 0.15) is 53.4 Å². The van der Waals surface area contributed by atoms with Crippen LogP contribution in [0.2, 0.25) is 0 Å². The van der Waals surface area contributed by atoms with E-state index in [-0.39, 0.29) is 0 Å². The monoisotopic (exact) mass is 180 g/mol. The Balaban J connectivity index is 2.34. The first-order valence-corrected chi connectivity index (χ1v) is 5.87. The Morgan fingerprint density at radius 1 is 1.46 bits per heavy atom. The van der Waals surface area contributed by atoms with E-state index < -0.39 is 0 Å². The fourth-order valence-electron chi connectivity index (χ4n) is 2.11. The molecule has 1 rings (SSSR count). The van der Waals surface area contributed by atoms with E-state index in [0.717, 1.165) is 17.8 Å². The van der Waals surface area contributed by atoms with E-state index >= 15 is 0 Å². The van der Waals surface area contributed by atoms with Crippen molar-refractivity contribution in [1.82, 2.24) is 0 Å². The second-order valence-electron chi connectivity index (χ2n) is 4.67. The van der Waals surface area contributed by atoms with Crippen LogP contribution in [0, 0.1) is 17.8 Å². The Bertz CT molecular complexity index is 178. The second-order valence-corrected chi connectivity index (χ2v) is 4.67. The zero-order valence-corrected chi connectivity index (χ0v) is 9.64. The fraction of sp³-hybridized carbons (Fsp3) is 0.846. The van der Waals surface area contributed by atoms with Crippen LogP contribution in [0.5, 0.6) is 0 Å². The number of hydrogen-bond acceptors (Lipinski definition) is 0. The predicted octanol–water partition coefficient (Wildman–Crippen LogP) is 4.42. The van der Waals surface area contributed by atoms with Crippen molar-refractivity contribution >= 4 is 0 Å². The molecule has 0 nitrogen and oxygen atoms in total. The predicted molar refractivity (Wildman–Crippen MR) is 59.7 cm³/mol. The van der Waals surface area contributed by atoms with Gasteiger partial charge in [0.15, 0.2) is 0 Å². The minimum absolute atomic E-state index is 0.808. The molecule has 0 heteroatoms. The van der Waals surface area contributed by atoms with Gasteiger partial charge in [-0.1, -0.05) is 45.3 Å². The van der Waals surface area contributed by atoms with Gasteiger partial charge in [-0.05, 0) is 37.5 Å². The van der Waals surface area contributed by atoms with E-state index in [0.29, 0.717) is 0 Å². The molecular formula is C13H24. The van der Waals surface area contributed by atoms with E-state index in [4.69, 9.17) is 0 Å². The van der Waals surface area contributed by atoms with Crippen LogP contribution in [0.4, 0.5) is 0 Å². The molecule has 1 fully saturated rings. The molecule has 0 aliphatic heterocycles. The third kappa shape index (κ3) is 3.17. The summed E-state index contributed by atoms with van der Waals surface area (Å²) in [5.74, 6) is 2.76. The summed E-state index contributed by atoms with van der Waals surface area (Å²) in [5.41, 5.74) is 1.63. The van der Waals surface area contributed by atoms with Gasteiger partial charge < -0.3 is 0 Å². The highest BCUT2D eigenvalue weighted by Gasteiger charge is 2.33. The first-order valence-electron chi connectivity index (χ1n) is 5.87. The summed E-state index contributed by atoms with van der Waals surface area (Å²) in [6, 6.07) is 0. The number of rotatable bonds is 5. The van der Waals surface area contributed by atoms with Gasteiger partial charge in [-0.25, -0.2) is 0 Å². The standard InChI is InChI=1S/C13H24/c1-5-7-10(3)11(4)8-13-9-12(13)6-2/h8,10,12-13H,5-7,9H2,1-4H3. The van der Waals surface area contributed by atoms with E-state index in [1.807, 2.05) is 0 Å². The van der Waals surface area contributed by atoms with Crippen molar-refractivity contribution in [1.29, 1.82) is 0 Å².